The Balaban J connectivity index is 2.68. The van der Waals surface area contributed by atoms with Crippen LogP contribution in [-0.4, -0.2) is 23.3 Å². The first-order valence-electron chi connectivity index (χ1n) is 4.67. The summed E-state index contributed by atoms with van der Waals surface area (Å²) < 4.78 is 0.409. The Hall–Kier alpha value is -0.640. The molecule has 14 heavy (non-hydrogen) atoms. The van der Waals surface area contributed by atoms with Gasteiger partial charge in [0.25, 0.3) is 11.8 Å². The predicted octanol–water partition coefficient (Wildman–Crippen LogP) is 2.07. The monoisotopic (exact) mass is 259 g/mol. The lowest BCUT2D eigenvalue weighted by atomic mass is 10.1. The smallest absolute Gasteiger partial charge is 0.268 e. The number of carbonyl (C=O) groups is 2. The molecule has 0 aromatic rings. The second-order valence-electron chi connectivity index (χ2n) is 3.88. The molecule has 0 aromatic heterocycles. The van der Waals surface area contributed by atoms with Gasteiger partial charge in [0.05, 0.1) is 4.48 Å². The van der Waals surface area contributed by atoms with Crippen LogP contribution in [0.5, 0.6) is 0 Å². The fraction of sp³-hybridized carbons (Fsp3) is 0.600. The molecule has 0 bridgehead atoms. The minimum atomic E-state index is -0.201. The van der Waals surface area contributed by atoms with Crippen molar-refractivity contribution in [3.05, 3.63) is 10.1 Å². The van der Waals surface area contributed by atoms with Crippen molar-refractivity contribution in [1.29, 1.82) is 0 Å². The summed E-state index contributed by atoms with van der Waals surface area (Å²) in [6, 6.07) is 0. The van der Waals surface area contributed by atoms with Gasteiger partial charge in [-0.15, -0.1) is 0 Å². The van der Waals surface area contributed by atoms with Crippen molar-refractivity contribution < 1.29 is 9.59 Å². The van der Waals surface area contributed by atoms with Crippen molar-refractivity contribution in [2.24, 2.45) is 5.92 Å². The fourth-order valence-electron chi connectivity index (χ4n) is 1.26. The molecule has 1 aliphatic heterocycles. The molecule has 0 spiro atoms. The number of amides is 2. The van der Waals surface area contributed by atoms with Gasteiger partial charge < -0.3 is 0 Å². The fourth-order valence-corrected chi connectivity index (χ4v) is 1.64. The molecule has 0 fully saturated rings. The zero-order valence-corrected chi connectivity index (χ0v) is 10.2. The summed E-state index contributed by atoms with van der Waals surface area (Å²) in [5.41, 5.74) is 0.513. The highest BCUT2D eigenvalue weighted by Crippen LogP contribution is 2.25. The van der Waals surface area contributed by atoms with E-state index in [9.17, 15) is 9.59 Å². The maximum absolute atomic E-state index is 11.6. The van der Waals surface area contributed by atoms with Crippen LogP contribution in [-0.2, 0) is 9.59 Å². The molecule has 3 nitrogen and oxygen atoms in total. The van der Waals surface area contributed by atoms with E-state index in [-0.39, 0.29) is 11.8 Å². The average molecular weight is 260 g/mol. The molecule has 4 heteroatoms. The highest BCUT2D eigenvalue weighted by molar-refractivity contribution is 9.12. The third kappa shape index (κ3) is 2.05. The molecule has 78 valence electrons. The van der Waals surface area contributed by atoms with Gasteiger partial charge in [0, 0.05) is 12.1 Å². The summed E-state index contributed by atoms with van der Waals surface area (Å²) in [5, 5.41) is 0. The highest BCUT2D eigenvalue weighted by Gasteiger charge is 2.33. The predicted molar refractivity (Wildman–Crippen MR) is 57.8 cm³/mol. The Labute approximate surface area is 92.3 Å². The van der Waals surface area contributed by atoms with E-state index in [0.717, 1.165) is 6.42 Å². The molecule has 0 unspecified atom stereocenters. The molecule has 0 saturated carbocycles. The third-order valence-corrected chi connectivity index (χ3v) is 3.19. The normalized spacial score (nSPS) is 17.6. The van der Waals surface area contributed by atoms with Gasteiger partial charge in [-0.3, -0.25) is 14.5 Å². The Kier molecular flexibility index (Phi) is 3.48. The summed E-state index contributed by atoms with van der Waals surface area (Å²) >= 11 is 3.12. The molecule has 0 aromatic carbocycles. The first kappa shape index (κ1) is 11.4. The first-order chi connectivity index (χ1) is 6.45. The maximum atomic E-state index is 11.6. The van der Waals surface area contributed by atoms with Gasteiger partial charge in [0.1, 0.15) is 0 Å². The van der Waals surface area contributed by atoms with Gasteiger partial charge in [-0.1, -0.05) is 13.8 Å². The second-order valence-corrected chi connectivity index (χ2v) is 4.68. The standard InChI is InChI=1S/C10H14BrNO2/c1-6(2)4-5-12-9(13)7(3)8(11)10(12)14/h6H,4-5H2,1-3H3. The lowest BCUT2D eigenvalue weighted by molar-refractivity contribution is -0.137. The zero-order chi connectivity index (χ0) is 10.9. The summed E-state index contributed by atoms with van der Waals surface area (Å²) in [6.45, 7) is 6.32. The number of carbonyl (C=O) groups excluding carboxylic acids is 2. The van der Waals surface area contributed by atoms with Crippen LogP contribution in [0.3, 0.4) is 0 Å². The van der Waals surface area contributed by atoms with E-state index in [2.05, 4.69) is 29.8 Å². The molecule has 1 heterocycles. The van der Waals surface area contributed by atoms with Gasteiger partial charge in [0.15, 0.2) is 0 Å². The van der Waals surface area contributed by atoms with Crippen LogP contribution in [0.1, 0.15) is 27.2 Å². The second kappa shape index (κ2) is 4.26. The van der Waals surface area contributed by atoms with Crippen LogP contribution in [0.4, 0.5) is 0 Å². The van der Waals surface area contributed by atoms with E-state index in [0.29, 0.717) is 22.5 Å². The molecule has 0 radical (unpaired) electrons. The van der Waals surface area contributed by atoms with Crippen LogP contribution in [0.15, 0.2) is 10.1 Å². The number of hydrogen-bond acceptors (Lipinski definition) is 2. The summed E-state index contributed by atoms with van der Waals surface area (Å²) in [6.07, 6.45) is 0.852. The lowest BCUT2D eigenvalue weighted by Gasteiger charge is -2.15. The Morgan fingerprint density at radius 1 is 1.29 bits per heavy atom. The van der Waals surface area contributed by atoms with Gasteiger partial charge in [-0.05, 0) is 35.2 Å². The molecule has 0 atom stereocenters. The Morgan fingerprint density at radius 2 is 1.86 bits per heavy atom. The number of halogens is 1. The molecule has 0 aliphatic carbocycles. The molecule has 2 amide bonds. The number of nitrogens with zero attached hydrogens (tertiary/aromatic N) is 1. The van der Waals surface area contributed by atoms with E-state index >= 15 is 0 Å². The van der Waals surface area contributed by atoms with Gasteiger partial charge in [0.2, 0.25) is 0 Å². The van der Waals surface area contributed by atoms with Gasteiger partial charge in [-0.25, -0.2) is 0 Å². The van der Waals surface area contributed by atoms with E-state index in [1.807, 2.05) is 0 Å². The average Bonchev–Trinajstić information content (AvgIpc) is 2.29. The summed E-state index contributed by atoms with van der Waals surface area (Å²) in [4.78, 5) is 24.4. The minimum Gasteiger partial charge on any atom is -0.274 e. The van der Waals surface area contributed by atoms with Gasteiger partial charge in [-0.2, -0.15) is 0 Å². The van der Waals surface area contributed by atoms with E-state index < -0.39 is 0 Å². The largest absolute Gasteiger partial charge is 0.274 e. The third-order valence-electron chi connectivity index (χ3n) is 2.26. The first-order valence-corrected chi connectivity index (χ1v) is 5.47. The Morgan fingerprint density at radius 3 is 2.21 bits per heavy atom. The quantitative estimate of drug-likeness (QED) is 0.728. The van der Waals surface area contributed by atoms with Crippen molar-refractivity contribution in [3.8, 4) is 0 Å². The van der Waals surface area contributed by atoms with Crippen molar-refractivity contribution in [2.45, 2.75) is 27.2 Å². The molecule has 1 rings (SSSR count). The molecule has 0 saturated heterocycles. The number of hydrogen-bond donors (Lipinski definition) is 0. The topological polar surface area (TPSA) is 37.4 Å². The maximum Gasteiger partial charge on any atom is 0.268 e. The Bertz CT molecular complexity index is 283. The lowest BCUT2D eigenvalue weighted by Crippen LogP contribution is -2.32. The number of imide groups is 1. The minimum absolute atomic E-state index is 0.164. The highest BCUT2D eigenvalue weighted by atomic mass is 79.9. The van der Waals surface area contributed by atoms with Gasteiger partial charge >= 0.3 is 0 Å². The van der Waals surface area contributed by atoms with Crippen molar-refractivity contribution in [1.82, 2.24) is 4.90 Å². The number of rotatable bonds is 3. The van der Waals surface area contributed by atoms with Crippen molar-refractivity contribution >= 4 is 27.7 Å². The van der Waals surface area contributed by atoms with Crippen LogP contribution in [0, 0.1) is 5.92 Å². The van der Waals surface area contributed by atoms with Crippen LogP contribution < -0.4 is 0 Å². The summed E-state index contributed by atoms with van der Waals surface area (Å²) in [5.74, 6) is 0.131. The zero-order valence-electron chi connectivity index (χ0n) is 8.63. The molecule has 1 aliphatic rings. The van der Waals surface area contributed by atoms with Crippen molar-refractivity contribution in [2.75, 3.05) is 6.54 Å². The molecular weight excluding hydrogens is 246 g/mol. The van der Waals surface area contributed by atoms with Crippen molar-refractivity contribution in [3.63, 3.8) is 0 Å². The van der Waals surface area contributed by atoms with E-state index in [4.69, 9.17) is 0 Å². The molecular formula is C10H14BrNO2. The van der Waals surface area contributed by atoms with Crippen LogP contribution in [0.2, 0.25) is 0 Å². The van der Waals surface area contributed by atoms with E-state index in [1.165, 1.54) is 4.90 Å². The van der Waals surface area contributed by atoms with Crippen LogP contribution in [0.25, 0.3) is 0 Å². The summed E-state index contributed by atoms with van der Waals surface area (Å²) in [7, 11) is 0. The van der Waals surface area contributed by atoms with Crippen LogP contribution >= 0.6 is 15.9 Å². The molecule has 0 N–H and O–H groups in total. The van der Waals surface area contributed by atoms with E-state index in [1.54, 1.807) is 6.92 Å². The SMILES string of the molecule is CC1=C(Br)C(=O)N(CCC(C)C)C1=O.